The lowest BCUT2D eigenvalue weighted by molar-refractivity contribution is 0.0532. The van der Waals surface area contributed by atoms with Crippen molar-refractivity contribution in [2.45, 2.75) is 65.6 Å². The van der Waals surface area contributed by atoms with Crippen molar-refractivity contribution in [1.82, 2.24) is 15.3 Å². The molecule has 106 valence electrons. The van der Waals surface area contributed by atoms with Crippen molar-refractivity contribution < 1.29 is 4.74 Å². The van der Waals surface area contributed by atoms with Crippen LogP contribution in [0, 0.1) is 13.8 Å². The molecule has 1 heterocycles. The average Bonchev–Trinajstić information content (AvgIpc) is 3.18. The van der Waals surface area contributed by atoms with Gasteiger partial charge in [0.05, 0.1) is 0 Å². The molecule has 4 heteroatoms. The highest BCUT2D eigenvalue weighted by Crippen LogP contribution is 2.22. The van der Waals surface area contributed by atoms with Crippen molar-refractivity contribution in [3.8, 4) is 0 Å². The van der Waals surface area contributed by atoms with Crippen molar-refractivity contribution in [1.29, 1.82) is 0 Å². The van der Waals surface area contributed by atoms with Crippen LogP contribution in [-0.2, 0) is 11.3 Å². The predicted molar refractivity (Wildman–Crippen MR) is 76.0 cm³/mol. The van der Waals surface area contributed by atoms with Crippen molar-refractivity contribution in [2.24, 2.45) is 0 Å². The molecule has 1 N–H and O–H groups in total. The summed E-state index contributed by atoms with van der Waals surface area (Å²) in [7, 11) is 0. The highest BCUT2D eigenvalue weighted by molar-refractivity contribution is 5.25. The first kappa shape index (κ1) is 14.4. The minimum absolute atomic E-state index is 0.0211. The smallest absolute Gasteiger partial charge is 0.157 e. The Bertz CT molecular complexity index is 406. The van der Waals surface area contributed by atoms with Gasteiger partial charge in [-0.05, 0) is 40.0 Å². The van der Waals surface area contributed by atoms with Crippen LogP contribution in [0.1, 0.15) is 62.0 Å². The monoisotopic (exact) mass is 263 g/mol. The molecule has 1 fully saturated rings. The van der Waals surface area contributed by atoms with Crippen LogP contribution in [-0.4, -0.2) is 22.6 Å². The van der Waals surface area contributed by atoms with E-state index in [1.54, 1.807) is 0 Å². The standard InChI is InChI=1S/C15H25N3O/c1-5-14(19-6-2)15-17-10(3)13(11(4)18-15)9-16-12-7-8-12/h12,14,16H,5-9H2,1-4H3. The molecule has 4 nitrogen and oxygen atoms in total. The van der Waals surface area contributed by atoms with Crippen LogP contribution in [0.4, 0.5) is 0 Å². The number of hydrogen-bond acceptors (Lipinski definition) is 4. The summed E-state index contributed by atoms with van der Waals surface area (Å²) >= 11 is 0. The van der Waals surface area contributed by atoms with Gasteiger partial charge in [-0.25, -0.2) is 9.97 Å². The molecule has 0 saturated heterocycles. The molecular weight excluding hydrogens is 238 g/mol. The third-order valence-electron chi connectivity index (χ3n) is 3.61. The van der Waals surface area contributed by atoms with Crippen LogP contribution >= 0.6 is 0 Å². The summed E-state index contributed by atoms with van der Waals surface area (Å²) in [6.07, 6.45) is 3.54. The van der Waals surface area contributed by atoms with Gasteiger partial charge in [-0.15, -0.1) is 0 Å². The maximum Gasteiger partial charge on any atom is 0.157 e. The zero-order chi connectivity index (χ0) is 13.8. The molecule has 0 aliphatic heterocycles. The summed E-state index contributed by atoms with van der Waals surface area (Å²) in [5, 5.41) is 3.53. The predicted octanol–water partition coefficient (Wildman–Crippen LogP) is 2.83. The lowest BCUT2D eigenvalue weighted by Gasteiger charge is -2.17. The van der Waals surface area contributed by atoms with Crippen LogP contribution in [0.15, 0.2) is 0 Å². The molecule has 2 rings (SSSR count). The van der Waals surface area contributed by atoms with Crippen LogP contribution in [0.2, 0.25) is 0 Å². The number of aryl methyl sites for hydroxylation is 2. The van der Waals surface area contributed by atoms with Gasteiger partial charge in [-0.2, -0.15) is 0 Å². The second-order valence-corrected chi connectivity index (χ2v) is 5.24. The normalized spacial score (nSPS) is 16.6. The molecule has 0 amide bonds. The Labute approximate surface area is 116 Å². The molecule has 0 spiro atoms. The van der Waals surface area contributed by atoms with Gasteiger partial charge in [-0.1, -0.05) is 6.92 Å². The minimum Gasteiger partial charge on any atom is -0.371 e. The number of nitrogens with zero attached hydrogens (tertiary/aromatic N) is 2. The third-order valence-corrected chi connectivity index (χ3v) is 3.61. The Balaban J connectivity index is 2.14. The van der Waals surface area contributed by atoms with E-state index in [1.807, 2.05) is 6.92 Å². The van der Waals surface area contributed by atoms with E-state index in [9.17, 15) is 0 Å². The first-order valence-electron chi connectivity index (χ1n) is 7.34. The van der Waals surface area contributed by atoms with Crippen LogP contribution in [0.25, 0.3) is 0 Å². The molecule has 1 atom stereocenters. The summed E-state index contributed by atoms with van der Waals surface area (Å²) in [6.45, 7) is 9.84. The maximum absolute atomic E-state index is 5.69. The van der Waals surface area contributed by atoms with Crippen molar-refractivity contribution >= 4 is 0 Å². The summed E-state index contributed by atoms with van der Waals surface area (Å²) < 4.78 is 5.69. The summed E-state index contributed by atoms with van der Waals surface area (Å²) in [5.41, 5.74) is 3.39. The van der Waals surface area contributed by atoms with Gasteiger partial charge in [0.25, 0.3) is 0 Å². The van der Waals surface area contributed by atoms with E-state index in [1.165, 1.54) is 18.4 Å². The molecule has 1 aliphatic carbocycles. The summed E-state index contributed by atoms with van der Waals surface area (Å²) in [5.74, 6) is 0.828. The van der Waals surface area contributed by atoms with Crippen LogP contribution in [0.3, 0.4) is 0 Å². The summed E-state index contributed by atoms with van der Waals surface area (Å²) in [6, 6.07) is 0.713. The SMILES string of the molecule is CCOC(CC)c1nc(C)c(CNC2CC2)c(C)n1. The van der Waals surface area contributed by atoms with E-state index in [-0.39, 0.29) is 6.10 Å². The molecule has 1 aromatic rings. The number of aromatic nitrogens is 2. The quantitative estimate of drug-likeness (QED) is 0.821. The van der Waals surface area contributed by atoms with Crippen molar-refractivity contribution in [3.05, 3.63) is 22.8 Å². The van der Waals surface area contributed by atoms with E-state index in [2.05, 4.69) is 36.1 Å². The average molecular weight is 263 g/mol. The number of ether oxygens (including phenoxy) is 1. The maximum atomic E-state index is 5.69. The van der Waals surface area contributed by atoms with Crippen LogP contribution in [0.5, 0.6) is 0 Å². The van der Waals surface area contributed by atoms with Crippen molar-refractivity contribution in [2.75, 3.05) is 6.61 Å². The molecule has 0 bridgehead atoms. The third kappa shape index (κ3) is 3.74. The summed E-state index contributed by atoms with van der Waals surface area (Å²) in [4.78, 5) is 9.29. The molecule has 0 radical (unpaired) electrons. The highest BCUT2D eigenvalue weighted by atomic mass is 16.5. The van der Waals surface area contributed by atoms with Gasteiger partial charge in [0.15, 0.2) is 5.82 Å². The Hall–Kier alpha value is -1.00. The molecule has 1 unspecified atom stereocenters. The molecule has 19 heavy (non-hydrogen) atoms. The fourth-order valence-corrected chi connectivity index (χ4v) is 2.28. The Morgan fingerprint density at radius 1 is 1.21 bits per heavy atom. The molecule has 1 aromatic heterocycles. The van der Waals surface area contributed by atoms with E-state index in [0.29, 0.717) is 12.6 Å². The Morgan fingerprint density at radius 3 is 2.32 bits per heavy atom. The van der Waals surface area contributed by atoms with Crippen molar-refractivity contribution in [3.63, 3.8) is 0 Å². The van der Waals surface area contributed by atoms with Gasteiger partial charge >= 0.3 is 0 Å². The van der Waals surface area contributed by atoms with Gasteiger partial charge in [0.1, 0.15) is 6.10 Å². The van der Waals surface area contributed by atoms with Gasteiger partial charge in [0.2, 0.25) is 0 Å². The van der Waals surface area contributed by atoms with E-state index >= 15 is 0 Å². The topological polar surface area (TPSA) is 47.0 Å². The van der Waals surface area contributed by atoms with E-state index < -0.39 is 0 Å². The molecule has 1 saturated carbocycles. The molecular formula is C15H25N3O. The van der Waals surface area contributed by atoms with E-state index in [0.717, 1.165) is 30.2 Å². The fourth-order valence-electron chi connectivity index (χ4n) is 2.28. The zero-order valence-electron chi connectivity index (χ0n) is 12.5. The lowest BCUT2D eigenvalue weighted by atomic mass is 10.1. The van der Waals surface area contributed by atoms with Gasteiger partial charge in [-0.3, -0.25) is 0 Å². The van der Waals surface area contributed by atoms with Crippen LogP contribution < -0.4 is 5.32 Å². The lowest BCUT2D eigenvalue weighted by Crippen LogP contribution is -2.19. The van der Waals surface area contributed by atoms with Gasteiger partial charge < -0.3 is 10.1 Å². The zero-order valence-corrected chi connectivity index (χ0v) is 12.5. The second-order valence-electron chi connectivity index (χ2n) is 5.24. The first-order valence-corrected chi connectivity index (χ1v) is 7.34. The largest absolute Gasteiger partial charge is 0.371 e. The number of hydrogen-bond donors (Lipinski definition) is 1. The molecule has 1 aliphatic rings. The van der Waals surface area contributed by atoms with E-state index in [4.69, 9.17) is 4.74 Å². The van der Waals surface area contributed by atoms with Gasteiger partial charge in [0, 0.05) is 36.1 Å². The first-order chi connectivity index (χ1) is 9.15. The number of rotatable bonds is 7. The molecule has 0 aromatic carbocycles. The fraction of sp³-hybridized carbons (Fsp3) is 0.733. The Kier molecular flexibility index (Phi) is 4.88. The number of nitrogens with one attached hydrogen (secondary N) is 1. The minimum atomic E-state index is 0.0211. The second kappa shape index (κ2) is 6.44. The highest BCUT2D eigenvalue weighted by Gasteiger charge is 2.22. The Morgan fingerprint density at radius 2 is 1.84 bits per heavy atom.